The van der Waals surface area contributed by atoms with Crippen molar-refractivity contribution in [1.82, 2.24) is 0 Å². The molecule has 2 rings (SSSR count). The first-order valence-electron chi connectivity index (χ1n) is 5.98. The van der Waals surface area contributed by atoms with Crippen LogP contribution >= 0.6 is 0 Å². The first kappa shape index (κ1) is 15.5. The van der Waals surface area contributed by atoms with Gasteiger partial charge in [0.25, 0.3) is 0 Å². The summed E-state index contributed by atoms with van der Waals surface area (Å²) in [6.45, 7) is 0.122. The first-order valence-corrected chi connectivity index (χ1v) is 7.64. The van der Waals surface area contributed by atoms with Gasteiger partial charge in [-0.3, -0.25) is 0 Å². The van der Waals surface area contributed by atoms with Gasteiger partial charge in [-0.1, -0.05) is 12.1 Å². The lowest BCUT2D eigenvalue weighted by Crippen LogP contribution is -2.09. The number of benzene rings is 2. The summed E-state index contributed by atoms with van der Waals surface area (Å²) in [4.78, 5) is -0.661. The molecule has 0 aromatic heterocycles. The van der Waals surface area contributed by atoms with Crippen molar-refractivity contribution in [2.75, 3.05) is 0 Å². The molecule has 0 aliphatic rings. The molecule has 2 aromatic rings. The van der Waals surface area contributed by atoms with Gasteiger partial charge in [-0.2, -0.15) is 0 Å². The summed E-state index contributed by atoms with van der Waals surface area (Å²) in [5.41, 5.74) is 5.77. The Labute approximate surface area is 120 Å². The molecule has 7 heteroatoms. The zero-order chi connectivity index (χ0) is 15.6. The molecule has 0 aliphatic carbocycles. The molecular weight excluding hydrogens is 303 g/mol. The fourth-order valence-corrected chi connectivity index (χ4v) is 3.28. The average molecular weight is 315 g/mol. The molecule has 0 saturated carbocycles. The molecule has 0 fully saturated rings. The topological polar surface area (TPSA) is 60.2 Å². The van der Waals surface area contributed by atoms with Crippen molar-refractivity contribution in [3.05, 3.63) is 65.0 Å². The van der Waals surface area contributed by atoms with E-state index >= 15 is 0 Å². The summed E-state index contributed by atoms with van der Waals surface area (Å²) >= 11 is 0. The Balaban J connectivity index is 2.37. The van der Waals surface area contributed by atoms with Gasteiger partial charge in [-0.25, -0.2) is 21.6 Å². The predicted molar refractivity (Wildman–Crippen MR) is 71.5 cm³/mol. The second kappa shape index (κ2) is 5.87. The molecule has 21 heavy (non-hydrogen) atoms. The molecule has 0 amide bonds. The van der Waals surface area contributed by atoms with Crippen LogP contribution in [-0.4, -0.2) is 8.42 Å². The number of halogens is 3. The molecule has 0 spiro atoms. The standard InChI is InChI=1S/C14H12F3NO2S/c15-11-3-4-14(13(17)6-11)21(19,20)8-10-2-1-9(7-18)5-12(10)16/h1-6H,7-8,18H2. The summed E-state index contributed by atoms with van der Waals surface area (Å²) < 4.78 is 64.3. The van der Waals surface area contributed by atoms with Crippen LogP contribution in [0.1, 0.15) is 11.1 Å². The zero-order valence-corrected chi connectivity index (χ0v) is 11.6. The van der Waals surface area contributed by atoms with E-state index in [1.807, 2.05) is 0 Å². The van der Waals surface area contributed by atoms with E-state index in [1.54, 1.807) is 0 Å². The maximum Gasteiger partial charge on any atom is 0.185 e. The first-order chi connectivity index (χ1) is 9.83. The number of hydrogen-bond donors (Lipinski definition) is 1. The zero-order valence-electron chi connectivity index (χ0n) is 10.8. The van der Waals surface area contributed by atoms with Crippen LogP contribution in [0.25, 0.3) is 0 Å². The van der Waals surface area contributed by atoms with Crippen molar-refractivity contribution >= 4 is 9.84 Å². The van der Waals surface area contributed by atoms with Gasteiger partial charge in [-0.05, 0) is 23.8 Å². The molecule has 0 atom stereocenters. The van der Waals surface area contributed by atoms with Crippen molar-refractivity contribution < 1.29 is 21.6 Å². The van der Waals surface area contributed by atoms with Gasteiger partial charge in [0.2, 0.25) is 0 Å². The van der Waals surface area contributed by atoms with Gasteiger partial charge in [-0.15, -0.1) is 0 Å². The van der Waals surface area contributed by atoms with E-state index < -0.39 is 37.9 Å². The fourth-order valence-electron chi connectivity index (χ4n) is 1.84. The Hall–Kier alpha value is -1.86. The predicted octanol–water partition coefficient (Wildman–Crippen LogP) is 2.54. The lowest BCUT2D eigenvalue weighted by atomic mass is 10.1. The van der Waals surface area contributed by atoms with E-state index in [4.69, 9.17) is 5.73 Å². The third kappa shape index (κ3) is 3.43. The minimum absolute atomic E-state index is 0.101. The largest absolute Gasteiger partial charge is 0.326 e. The highest BCUT2D eigenvalue weighted by Gasteiger charge is 2.22. The van der Waals surface area contributed by atoms with Crippen LogP contribution in [0.2, 0.25) is 0 Å². The molecule has 0 bridgehead atoms. The van der Waals surface area contributed by atoms with E-state index in [-0.39, 0.29) is 12.1 Å². The summed E-state index contributed by atoms with van der Waals surface area (Å²) in [5, 5.41) is 0. The number of rotatable bonds is 4. The second-order valence-electron chi connectivity index (χ2n) is 4.46. The van der Waals surface area contributed by atoms with Crippen LogP contribution in [0.15, 0.2) is 41.3 Å². The van der Waals surface area contributed by atoms with Crippen LogP contribution in [0.4, 0.5) is 13.2 Å². The Morgan fingerprint density at radius 1 is 0.952 bits per heavy atom. The van der Waals surface area contributed by atoms with Gasteiger partial charge in [0, 0.05) is 18.2 Å². The van der Waals surface area contributed by atoms with E-state index in [0.717, 1.165) is 18.2 Å². The molecule has 3 nitrogen and oxygen atoms in total. The maximum atomic E-state index is 13.8. The highest BCUT2D eigenvalue weighted by atomic mass is 32.2. The van der Waals surface area contributed by atoms with Crippen molar-refractivity contribution in [1.29, 1.82) is 0 Å². The summed E-state index contributed by atoms with van der Waals surface area (Å²) in [6, 6.07) is 6.05. The number of sulfone groups is 1. The van der Waals surface area contributed by atoms with Crippen LogP contribution in [0.3, 0.4) is 0 Å². The average Bonchev–Trinajstić information content (AvgIpc) is 2.40. The van der Waals surface area contributed by atoms with Gasteiger partial charge in [0.1, 0.15) is 22.3 Å². The van der Waals surface area contributed by atoms with E-state index in [1.165, 1.54) is 12.1 Å². The second-order valence-corrected chi connectivity index (χ2v) is 6.42. The molecule has 0 saturated heterocycles. The highest BCUT2D eigenvalue weighted by Crippen LogP contribution is 2.22. The highest BCUT2D eigenvalue weighted by molar-refractivity contribution is 7.90. The van der Waals surface area contributed by atoms with Crippen LogP contribution in [-0.2, 0) is 22.1 Å². The summed E-state index contributed by atoms with van der Waals surface area (Å²) in [7, 11) is -4.12. The molecule has 0 unspecified atom stereocenters. The lowest BCUT2D eigenvalue weighted by molar-refractivity contribution is 0.547. The smallest absolute Gasteiger partial charge is 0.185 e. The minimum Gasteiger partial charge on any atom is -0.326 e. The van der Waals surface area contributed by atoms with Crippen molar-refractivity contribution in [3.8, 4) is 0 Å². The van der Waals surface area contributed by atoms with Gasteiger partial charge >= 0.3 is 0 Å². The minimum atomic E-state index is -4.12. The van der Waals surface area contributed by atoms with Crippen LogP contribution in [0.5, 0.6) is 0 Å². The lowest BCUT2D eigenvalue weighted by Gasteiger charge is -2.08. The van der Waals surface area contributed by atoms with Crippen LogP contribution in [0, 0.1) is 17.5 Å². The van der Waals surface area contributed by atoms with Gasteiger partial charge in [0.05, 0.1) is 5.75 Å². The molecule has 0 aliphatic heterocycles. The van der Waals surface area contributed by atoms with E-state index in [9.17, 15) is 21.6 Å². The monoisotopic (exact) mass is 315 g/mol. The van der Waals surface area contributed by atoms with Crippen molar-refractivity contribution in [2.45, 2.75) is 17.2 Å². The van der Waals surface area contributed by atoms with Crippen LogP contribution < -0.4 is 5.73 Å². The fraction of sp³-hybridized carbons (Fsp3) is 0.143. The number of hydrogen-bond acceptors (Lipinski definition) is 3. The maximum absolute atomic E-state index is 13.8. The quantitative estimate of drug-likeness (QED) is 0.882. The Bertz CT molecular complexity index is 776. The number of nitrogens with two attached hydrogens (primary N) is 1. The molecule has 0 radical (unpaired) electrons. The molecule has 2 aromatic carbocycles. The molecule has 2 N–H and O–H groups in total. The van der Waals surface area contributed by atoms with E-state index in [0.29, 0.717) is 11.6 Å². The molecule has 112 valence electrons. The molecular formula is C14H12F3NO2S. The summed E-state index contributed by atoms with van der Waals surface area (Å²) in [6.07, 6.45) is 0. The Morgan fingerprint density at radius 2 is 1.67 bits per heavy atom. The Kier molecular flexibility index (Phi) is 4.34. The summed E-state index contributed by atoms with van der Waals surface area (Å²) in [5.74, 6) is -3.53. The SMILES string of the molecule is NCc1ccc(CS(=O)(=O)c2ccc(F)cc2F)c(F)c1. The van der Waals surface area contributed by atoms with E-state index in [2.05, 4.69) is 0 Å². The van der Waals surface area contributed by atoms with Gasteiger partial charge < -0.3 is 5.73 Å². The molecule has 0 heterocycles. The van der Waals surface area contributed by atoms with Crippen molar-refractivity contribution in [3.63, 3.8) is 0 Å². The third-order valence-electron chi connectivity index (χ3n) is 2.93. The Morgan fingerprint density at radius 3 is 2.24 bits per heavy atom. The normalized spacial score (nSPS) is 11.6. The van der Waals surface area contributed by atoms with Gasteiger partial charge in [0.15, 0.2) is 9.84 Å². The third-order valence-corrected chi connectivity index (χ3v) is 4.62. The van der Waals surface area contributed by atoms with Crippen molar-refractivity contribution in [2.24, 2.45) is 5.73 Å².